The van der Waals surface area contributed by atoms with Gasteiger partial charge in [0.25, 0.3) is 0 Å². The van der Waals surface area contributed by atoms with E-state index in [9.17, 15) is 10.2 Å². The maximum Gasteiger partial charge on any atom is 0.119 e. The van der Waals surface area contributed by atoms with Crippen molar-refractivity contribution in [2.45, 2.75) is 24.2 Å². The van der Waals surface area contributed by atoms with Gasteiger partial charge in [0.15, 0.2) is 0 Å². The van der Waals surface area contributed by atoms with E-state index < -0.39 is 31.0 Å². The number of hydrogen-bond donors (Lipinski definition) is 6. The van der Waals surface area contributed by atoms with Gasteiger partial charge in [-0.25, -0.2) is 0 Å². The summed E-state index contributed by atoms with van der Waals surface area (Å²) >= 11 is 0. The molecule has 0 aliphatic heterocycles. The highest BCUT2D eigenvalue weighted by Crippen LogP contribution is 2.18. The number of aliphatic hydroxyl groups is 6. The van der Waals surface area contributed by atoms with E-state index in [1.54, 1.807) is 0 Å². The van der Waals surface area contributed by atoms with Crippen LogP contribution in [0.3, 0.4) is 0 Å². The highest BCUT2D eigenvalue weighted by atomic mass is 16.4. The predicted octanol–water partition coefficient (Wildman–Crippen LogP) is -2.64. The van der Waals surface area contributed by atoms with Crippen molar-refractivity contribution in [3.05, 3.63) is 12.2 Å². The lowest BCUT2D eigenvalue weighted by molar-refractivity contribution is -0.114. The molecule has 0 aromatic rings. The van der Waals surface area contributed by atoms with Gasteiger partial charge in [0.05, 0.1) is 25.9 Å². The second-order valence-electron chi connectivity index (χ2n) is 3.36. The third-order valence-electron chi connectivity index (χ3n) is 2.05. The van der Waals surface area contributed by atoms with Crippen LogP contribution in [0.25, 0.3) is 0 Å². The first kappa shape index (κ1) is 14.5. The highest BCUT2D eigenvalue weighted by molar-refractivity contribution is 5.01. The summed E-state index contributed by atoms with van der Waals surface area (Å²) in [7, 11) is 0. The van der Waals surface area contributed by atoms with Crippen LogP contribution in [0.5, 0.6) is 0 Å². The van der Waals surface area contributed by atoms with Gasteiger partial charge in [-0.1, -0.05) is 12.2 Å². The molecule has 0 saturated carbocycles. The van der Waals surface area contributed by atoms with Crippen molar-refractivity contribution in [1.82, 2.24) is 0 Å². The maximum atomic E-state index is 9.71. The SMILES string of the molecule is OCC=CC(O)C(O)(CO)CC(O)CO. The van der Waals surface area contributed by atoms with Gasteiger partial charge in [0.1, 0.15) is 11.7 Å². The van der Waals surface area contributed by atoms with Crippen molar-refractivity contribution in [3.8, 4) is 0 Å². The molecule has 0 rings (SSSR count). The summed E-state index contributed by atoms with van der Waals surface area (Å²) in [6, 6.07) is 0. The molecule has 0 bridgehead atoms. The van der Waals surface area contributed by atoms with Crippen LogP contribution in [0.4, 0.5) is 0 Å². The normalized spacial score (nSPS) is 20.1. The van der Waals surface area contributed by atoms with Gasteiger partial charge in [0.2, 0.25) is 0 Å². The Hall–Kier alpha value is -0.500. The van der Waals surface area contributed by atoms with Gasteiger partial charge in [-0.3, -0.25) is 0 Å². The first-order valence-corrected chi connectivity index (χ1v) is 4.58. The molecule has 0 aromatic heterocycles. The molecule has 0 saturated heterocycles. The molecule has 0 aliphatic rings. The van der Waals surface area contributed by atoms with Crippen LogP contribution >= 0.6 is 0 Å². The van der Waals surface area contributed by atoms with E-state index in [0.29, 0.717) is 0 Å². The molecule has 0 radical (unpaired) electrons. The molecule has 6 nitrogen and oxygen atoms in total. The maximum absolute atomic E-state index is 9.71. The third-order valence-corrected chi connectivity index (χ3v) is 2.05. The monoisotopic (exact) mass is 222 g/mol. The van der Waals surface area contributed by atoms with Gasteiger partial charge in [0, 0.05) is 6.42 Å². The minimum Gasteiger partial charge on any atom is -0.394 e. The molecule has 0 aromatic carbocycles. The quantitative estimate of drug-likeness (QED) is 0.262. The van der Waals surface area contributed by atoms with Crippen LogP contribution < -0.4 is 0 Å². The van der Waals surface area contributed by atoms with Gasteiger partial charge < -0.3 is 30.6 Å². The van der Waals surface area contributed by atoms with E-state index in [-0.39, 0.29) is 13.0 Å². The van der Waals surface area contributed by atoms with E-state index in [1.165, 1.54) is 6.08 Å². The molecule has 0 spiro atoms. The second kappa shape index (κ2) is 6.89. The summed E-state index contributed by atoms with van der Waals surface area (Å²) in [5.74, 6) is 0. The summed E-state index contributed by atoms with van der Waals surface area (Å²) in [5, 5.41) is 54.2. The fourth-order valence-corrected chi connectivity index (χ4v) is 1.12. The summed E-state index contributed by atoms with van der Waals surface area (Å²) in [4.78, 5) is 0. The Morgan fingerprint density at radius 2 is 1.73 bits per heavy atom. The molecule has 15 heavy (non-hydrogen) atoms. The Morgan fingerprint density at radius 3 is 2.13 bits per heavy atom. The molecular weight excluding hydrogens is 204 g/mol. The van der Waals surface area contributed by atoms with Crippen molar-refractivity contribution >= 4 is 0 Å². The van der Waals surface area contributed by atoms with Crippen LogP contribution in [0.2, 0.25) is 0 Å². The van der Waals surface area contributed by atoms with Crippen molar-refractivity contribution in [2.24, 2.45) is 0 Å². The fourth-order valence-electron chi connectivity index (χ4n) is 1.12. The minimum absolute atomic E-state index is 0.304. The summed E-state index contributed by atoms with van der Waals surface area (Å²) in [6.45, 7) is -1.64. The van der Waals surface area contributed by atoms with Crippen molar-refractivity contribution in [1.29, 1.82) is 0 Å². The van der Waals surface area contributed by atoms with Gasteiger partial charge in [-0.15, -0.1) is 0 Å². The highest BCUT2D eigenvalue weighted by Gasteiger charge is 2.35. The van der Waals surface area contributed by atoms with Gasteiger partial charge in [-0.05, 0) is 0 Å². The zero-order valence-corrected chi connectivity index (χ0v) is 8.32. The van der Waals surface area contributed by atoms with Crippen molar-refractivity contribution in [2.75, 3.05) is 19.8 Å². The Balaban J connectivity index is 4.46. The first-order valence-electron chi connectivity index (χ1n) is 4.58. The standard InChI is InChI=1S/C9H18O6/c10-3-1-2-8(14)9(15,6-12)4-7(13)5-11/h1-2,7-8,10-15H,3-6H2. The van der Waals surface area contributed by atoms with Crippen LogP contribution in [-0.2, 0) is 0 Å². The lowest BCUT2D eigenvalue weighted by Gasteiger charge is -2.30. The van der Waals surface area contributed by atoms with Crippen LogP contribution in [0.15, 0.2) is 12.2 Å². The predicted molar refractivity (Wildman–Crippen MR) is 52.0 cm³/mol. The molecule has 6 N–H and O–H groups in total. The van der Waals surface area contributed by atoms with Crippen LogP contribution in [0, 0.1) is 0 Å². The molecule has 6 heteroatoms. The van der Waals surface area contributed by atoms with Gasteiger partial charge >= 0.3 is 0 Å². The molecular formula is C9H18O6. The number of aliphatic hydroxyl groups excluding tert-OH is 5. The Bertz CT molecular complexity index is 195. The Morgan fingerprint density at radius 1 is 1.13 bits per heavy atom. The van der Waals surface area contributed by atoms with Gasteiger partial charge in [-0.2, -0.15) is 0 Å². The molecule has 0 heterocycles. The van der Waals surface area contributed by atoms with E-state index in [1.807, 2.05) is 0 Å². The van der Waals surface area contributed by atoms with Crippen molar-refractivity contribution < 1.29 is 30.6 Å². The summed E-state index contributed by atoms with van der Waals surface area (Å²) in [5.41, 5.74) is -1.92. The average Bonchev–Trinajstić information content (AvgIpc) is 2.25. The van der Waals surface area contributed by atoms with E-state index >= 15 is 0 Å². The number of rotatable bonds is 7. The molecule has 90 valence electrons. The largest absolute Gasteiger partial charge is 0.394 e. The summed E-state index contributed by atoms with van der Waals surface area (Å²) in [6.07, 6.45) is -0.691. The Kier molecular flexibility index (Phi) is 6.66. The molecule has 3 atom stereocenters. The van der Waals surface area contributed by atoms with E-state index in [0.717, 1.165) is 6.08 Å². The third kappa shape index (κ3) is 4.70. The van der Waals surface area contributed by atoms with Crippen LogP contribution in [0.1, 0.15) is 6.42 Å². The molecule has 3 unspecified atom stereocenters. The molecule has 0 amide bonds. The first-order chi connectivity index (χ1) is 7.00. The smallest absolute Gasteiger partial charge is 0.119 e. The zero-order valence-electron chi connectivity index (χ0n) is 8.32. The zero-order chi connectivity index (χ0) is 11.9. The number of hydrogen-bond acceptors (Lipinski definition) is 6. The minimum atomic E-state index is -1.92. The topological polar surface area (TPSA) is 121 Å². The lowest BCUT2D eigenvalue weighted by atomic mass is 9.90. The van der Waals surface area contributed by atoms with E-state index in [4.69, 9.17) is 20.4 Å². The lowest BCUT2D eigenvalue weighted by Crippen LogP contribution is -2.47. The van der Waals surface area contributed by atoms with Crippen molar-refractivity contribution in [3.63, 3.8) is 0 Å². The summed E-state index contributed by atoms with van der Waals surface area (Å²) < 4.78 is 0. The second-order valence-corrected chi connectivity index (χ2v) is 3.36. The molecule has 0 fully saturated rings. The Labute approximate surface area is 87.7 Å². The average molecular weight is 222 g/mol. The molecule has 0 aliphatic carbocycles. The van der Waals surface area contributed by atoms with Crippen LogP contribution in [-0.4, -0.2) is 68.3 Å². The fraction of sp³-hybridized carbons (Fsp3) is 0.778. The van der Waals surface area contributed by atoms with E-state index in [2.05, 4.69) is 0 Å².